The van der Waals surface area contributed by atoms with E-state index >= 15 is 0 Å². The molecule has 42 heteroatoms. The van der Waals surface area contributed by atoms with E-state index < -0.39 is 62.6 Å². The fraction of sp³-hybridized carbons (Fsp3) is 1.00. The summed E-state index contributed by atoms with van der Waals surface area (Å²) in [5.41, 5.74) is 0. The van der Waals surface area contributed by atoms with Gasteiger partial charge < -0.3 is 95.1 Å². The van der Waals surface area contributed by atoms with Crippen LogP contribution in [0.4, 0.5) is 0 Å². The third kappa shape index (κ3) is 66.4. The summed E-state index contributed by atoms with van der Waals surface area (Å²) in [6.45, 7) is 0. The van der Waals surface area contributed by atoms with Crippen LogP contribution in [0.1, 0.15) is 0 Å². The van der Waals surface area contributed by atoms with Crippen LogP contribution in [0.25, 0.3) is 0 Å². The quantitative estimate of drug-likeness (QED) is 0.129. The summed E-state index contributed by atoms with van der Waals surface area (Å²) in [6.07, 6.45) is 0. The van der Waals surface area contributed by atoms with Crippen molar-refractivity contribution in [2.45, 2.75) is 0 Å². The van der Waals surface area contributed by atoms with Gasteiger partial charge in [-0.3, -0.25) is 35.5 Å². The first-order valence-corrected chi connectivity index (χ1v) is 19.2. The molecular formula is C4H12Co3Mn3O28P8. The Morgan fingerprint density at radius 3 is 0.413 bits per heavy atom. The summed E-state index contributed by atoms with van der Waals surface area (Å²) >= 11 is 0. The Balaban J connectivity index is -0.0000000450. The SMILES string of the molecule is COP(=O)([O-])OP(=O)([O-])[O-].COP(=O)([O-])OP(=O)([O-])[O-].COP(=O)([O-])OP(=O)([O-])[O-].COP(=O)([O-])OP(=O)([O-])[O-].[Co+2].[Co+2].[Co+2].[Mn+2].[Mn+2].[Mn+2]. The van der Waals surface area contributed by atoms with Crippen molar-refractivity contribution in [1.29, 1.82) is 0 Å². The van der Waals surface area contributed by atoms with E-state index in [0.717, 1.165) is 0 Å². The van der Waals surface area contributed by atoms with Crippen molar-refractivity contribution in [2.24, 2.45) is 0 Å². The van der Waals surface area contributed by atoms with Crippen molar-refractivity contribution in [3.05, 3.63) is 0 Å². The van der Waals surface area contributed by atoms with Crippen LogP contribution in [0.2, 0.25) is 0 Å². The second kappa shape index (κ2) is 31.5. The topological polar surface area (TPSA) is 487 Å². The number of hydrogen-bond acceptors (Lipinski definition) is 28. The maximum Gasteiger partial charge on any atom is 2.00 e. The van der Waals surface area contributed by atoms with Crippen LogP contribution in [0.5, 0.6) is 0 Å². The fourth-order valence-electron chi connectivity index (χ4n) is 0.623. The van der Waals surface area contributed by atoms with Crippen molar-refractivity contribution in [1.82, 2.24) is 0 Å². The molecule has 6 radical (unpaired) electrons. The third-order valence-corrected chi connectivity index (χ3v) is 9.88. The minimum Gasteiger partial charge on any atom is -0.790 e. The van der Waals surface area contributed by atoms with Crippen molar-refractivity contribution in [2.75, 3.05) is 28.4 Å². The maximum atomic E-state index is 10.0. The standard InChI is InChI=1S/4CH6O7P2.3Co.3Mn/c4*1-7-10(5,6)8-9(2,3)4;;;;;;/h4*1H3,(H,5,6)(H2,2,3,4);;;;;;/q;;;;6*+2/p-12. The van der Waals surface area contributed by atoms with Gasteiger partial charge in [0.1, 0.15) is 0 Å². The molecule has 0 aromatic rings. The molecule has 0 fully saturated rings. The third-order valence-electron chi connectivity index (χ3n) is 1.69. The Morgan fingerprint density at radius 1 is 0.304 bits per heavy atom. The molecule has 0 aliphatic carbocycles. The molecule has 28 nitrogen and oxygen atoms in total. The van der Waals surface area contributed by atoms with Gasteiger partial charge in [0.05, 0.1) is 31.3 Å². The summed E-state index contributed by atoms with van der Waals surface area (Å²) < 4.78 is 105. The molecule has 0 bridgehead atoms. The normalized spacial score (nSPS) is 16.0. The Bertz CT molecular complexity index is 967. The van der Waals surface area contributed by atoms with E-state index in [1.165, 1.54) is 0 Å². The smallest absolute Gasteiger partial charge is 0.790 e. The Labute approximate surface area is 320 Å². The summed E-state index contributed by atoms with van der Waals surface area (Å²) in [4.78, 5) is 117. The zero-order valence-electron chi connectivity index (χ0n) is 21.1. The van der Waals surface area contributed by atoms with E-state index in [0.29, 0.717) is 28.4 Å². The molecule has 0 aromatic carbocycles. The predicted molar refractivity (Wildman–Crippen MR) is 93.2 cm³/mol. The molecule has 284 valence electrons. The minimum atomic E-state index is -5.50. The predicted octanol–water partition coefficient (Wildman–Crippen LogP) is -8.23. The summed E-state index contributed by atoms with van der Waals surface area (Å²) in [5, 5.41) is 0. The van der Waals surface area contributed by atoms with E-state index in [-0.39, 0.29) is 102 Å². The van der Waals surface area contributed by atoms with Gasteiger partial charge in [0, 0.05) is 28.4 Å². The molecule has 0 heterocycles. The molecule has 4 unspecified atom stereocenters. The molecular weight excluding hydrogens is 1090 g/mol. The molecule has 0 saturated heterocycles. The molecule has 0 aliphatic rings. The number of phosphoric ester groups is 4. The van der Waals surface area contributed by atoms with Crippen LogP contribution < -0.4 is 58.7 Å². The number of rotatable bonds is 12. The second-order valence-corrected chi connectivity index (χ2v) is 15.9. The van der Waals surface area contributed by atoms with Crippen LogP contribution in [0.15, 0.2) is 0 Å². The van der Waals surface area contributed by atoms with Gasteiger partial charge in [-0.05, 0) is 0 Å². The minimum absolute atomic E-state index is 0. The molecule has 0 N–H and O–H groups in total. The summed E-state index contributed by atoms with van der Waals surface area (Å²) in [6, 6.07) is 0. The monoisotopic (exact) mass is 1100 g/mol. The van der Waals surface area contributed by atoms with Crippen LogP contribution in [0, 0.1) is 0 Å². The van der Waals surface area contributed by atoms with Crippen LogP contribution in [0.3, 0.4) is 0 Å². The first kappa shape index (κ1) is 75.1. The van der Waals surface area contributed by atoms with Crippen LogP contribution >= 0.6 is 62.6 Å². The zero-order chi connectivity index (χ0) is 33.7. The van der Waals surface area contributed by atoms with Crippen molar-refractivity contribution in [3.63, 3.8) is 0 Å². The molecule has 4 atom stereocenters. The van der Waals surface area contributed by atoms with E-state index in [1.807, 2.05) is 0 Å². The first-order chi connectivity index (χ1) is 17.1. The Morgan fingerprint density at radius 2 is 0.391 bits per heavy atom. The van der Waals surface area contributed by atoms with Crippen LogP contribution in [-0.4, -0.2) is 28.4 Å². The van der Waals surface area contributed by atoms with Gasteiger partial charge in [-0.25, -0.2) is 0 Å². The Hall–Kier alpha value is 4.12. The molecule has 46 heavy (non-hydrogen) atoms. The Kier molecular flexibility index (Phi) is 51.4. The number of phosphoric acid groups is 8. The van der Waals surface area contributed by atoms with Gasteiger partial charge >= 0.3 is 102 Å². The fourth-order valence-corrected chi connectivity index (χ4v) is 5.61. The van der Waals surface area contributed by atoms with E-state index in [2.05, 4.69) is 35.3 Å². The molecule has 0 aliphatic heterocycles. The molecule has 0 amide bonds. The second-order valence-electron chi connectivity index (χ2n) is 4.63. The largest absolute Gasteiger partial charge is 2.00 e. The van der Waals surface area contributed by atoms with Crippen LogP contribution in [-0.2, 0) is 173 Å². The molecule has 0 spiro atoms. The van der Waals surface area contributed by atoms with Gasteiger partial charge in [-0.1, -0.05) is 0 Å². The molecule has 0 rings (SSSR count). The number of hydrogen-bond donors (Lipinski definition) is 0. The van der Waals surface area contributed by atoms with E-state index in [9.17, 15) is 95.2 Å². The first-order valence-electron chi connectivity index (χ1n) is 7.48. The molecule has 0 saturated carbocycles. The van der Waals surface area contributed by atoms with Gasteiger partial charge in [0.15, 0.2) is 0 Å². The van der Waals surface area contributed by atoms with Crippen molar-refractivity contribution in [3.8, 4) is 0 Å². The van der Waals surface area contributed by atoms with Gasteiger partial charge in [-0.15, -0.1) is 0 Å². The van der Waals surface area contributed by atoms with Crippen molar-refractivity contribution < 1.29 is 232 Å². The van der Waals surface area contributed by atoms with E-state index in [1.54, 1.807) is 0 Å². The van der Waals surface area contributed by atoms with Crippen molar-refractivity contribution >= 4 is 62.6 Å². The summed E-state index contributed by atoms with van der Waals surface area (Å²) in [5.74, 6) is 0. The van der Waals surface area contributed by atoms with Gasteiger partial charge in [0.2, 0.25) is 0 Å². The average molecular weight is 1100 g/mol. The molecule has 0 aromatic heterocycles. The maximum absolute atomic E-state index is 10.0. The van der Waals surface area contributed by atoms with Gasteiger partial charge in [-0.2, -0.15) is 0 Å². The van der Waals surface area contributed by atoms with Gasteiger partial charge in [0.25, 0.3) is 31.3 Å². The summed E-state index contributed by atoms with van der Waals surface area (Å²) in [7, 11) is -39.1. The van der Waals surface area contributed by atoms with E-state index in [4.69, 9.17) is 0 Å². The zero-order valence-corrected chi connectivity index (χ0v) is 35.0. The average Bonchev–Trinajstić information content (AvgIpc) is 2.62.